The molecule has 3 aromatic carbocycles. The molecule has 3 aromatic rings. The number of benzene rings is 3. The highest BCUT2D eigenvalue weighted by atomic mass is 32.2. The number of hydrogen-bond acceptors (Lipinski definition) is 5. The SMILES string of the molecule is O=C(C(CC1CCCC1)=NO)c1ccc(Sc2ccccc2)cc1.O=C(O)c1ccccc1. The zero-order chi connectivity index (χ0) is 23.5. The maximum absolute atomic E-state index is 12.5. The van der Waals surface area contributed by atoms with Gasteiger partial charge in [-0.05, 0) is 60.9 Å². The highest BCUT2D eigenvalue weighted by molar-refractivity contribution is 7.99. The van der Waals surface area contributed by atoms with Crippen LogP contribution in [0.4, 0.5) is 0 Å². The largest absolute Gasteiger partial charge is 0.478 e. The fourth-order valence-corrected chi connectivity index (χ4v) is 4.55. The average molecular weight is 462 g/mol. The first-order chi connectivity index (χ1) is 16.1. The lowest BCUT2D eigenvalue weighted by Gasteiger charge is -2.10. The van der Waals surface area contributed by atoms with E-state index in [0.29, 0.717) is 23.5 Å². The Morgan fingerprint density at radius 1 is 0.788 bits per heavy atom. The van der Waals surface area contributed by atoms with Crippen molar-refractivity contribution < 1.29 is 19.9 Å². The number of carbonyl (C=O) groups is 2. The molecule has 0 heterocycles. The molecule has 4 rings (SSSR count). The highest BCUT2D eigenvalue weighted by Gasteiger charge is 2.22. The van der Waals surface area contributed by atoms with Gasteiger partial charge in [-0.25, -0.2) is 4.79 Å². The minimum atomic E-state index is -0.879. The third kappa shape index (κ3) is 7.61. The van der Waals surface area contributed by atoms with Gasteiger partial charge >= 0.3 is 5.97 Å². The summed E-state index contributed by atoms with van der Waals surface area (Å²) in [5.74, 6) is -0.566. The lowest BCUT2D eigenvalue weighted by Crippen LogP contribution is -2.17. The topological polar surface area (TPSA) is 87.0 Å². The van der Waals surface area contributed by atoms with E-state index >= 15 is 0 Å². The van der Waals surface area contributed by atoms with E-state index in [1.54, 1.807) is 42.1 Å². The van der Waals surface area contributed by atoms with Crippen LogP contribution in [0, 0.1) is 5.92 Å². The second-order valence-corrected chi connectivity index (χ2v) is 8.99. The zero-order valence-corrected chi connectivity index (χ0v) is 19.1. The summed E-state index contributed by atoms with van der Waals surface area (Å²) >= 11 is 1.66. The molecule has 6 heteroatoms. The van der Waals surface area contributed by atoms with E-state index in [-0.39, 0.29) is 11.5 Å². The summed E-state index contributed by atoms with van der Waals surface area (Å²) in [5, 5.41) is 20.9. The molecule has 0 bridgehead atoms. The standard InChI is InChI=1S/C20H21NO2S.C7H6O2/c22-20(19(21-23)14-15-6-4-5-7-15)16-10-12-18(13-11-16)24-17-8-2-1-3-9-17;8-7(9)6-4-2-1-3-5-6/h1-3,8-13,15,23H,4-7,14H2;1-5H,(H,8,9). The molecule has 0 amide bonds. The summed E-state index contributed by atoms with van der Waals surface area (Å²) < 4.78 is 0. The van der Waals surface area contributed by atoms with Gasteiger partial charge in [-0.15, -0.1) is 0 Å². The van der Waals surface area contributed by atoms with Gasteiger partial charge in [-0.1, -0.05) is 79.0 Å². The zero-order valence-electron chi connectivity index (χ0n) is 18.3. The quantitative estimate of drug-likeness (QED) is 0.175. The minimum absolute atomic E-state index is 0.166. The second-order valence-electron chi connectivity index (χ2n) is 7.84. The molecule has 0 atom stereocenters. The third-order valence-electron chi connectivity index (χ3n) is 5.46. The molecule has 1 aliphatic rings. The summed E-state index contributed by atoms with van der Waals surface area (Å²) in [6.45, 7) is 0. The fraction of sp³-hybridized carbons (Fsp3) is 0.222. The van der Waals surface area contributed by atoms with Crippen molar-refractivity contribution in [3.8, 4) is 0 Å². The summed E-state index contributed by atoms with van der Waals surface area (Å²) in [5.41, 5.74) is 1.20. The molecule has 0 aliphatic heterocycles. The number of nitrogens with zero attached hydrogens (tertiary/aromatic N) is 1. The Morgan fingerprint density at radius 3 is 1.85 bits per heavy atom. The number of ketones is 1. The van der Waals surface area contributed by atoms with Gasteiger partial charge in [0, 0.05) is 15.4 Å². The van der Waals surface area contributed by atoms with Gasteiger partial charge in [0.1, 0.15) is 5.71 Å². The molecule has 2 N–H and O–H groups in total. The Balaban J connectivity index is 0.000000286. The maximum Gasteiger partial charge on any atom is 0.335 e. The van der Waals surface area contributed by atoms with Gasteiger partial charge in [-0.3, -0.25) is 4.79 Å². The molecule has 0 radical (unpaired) electrons. The lowest BCUT2D eigenvalue weighted by molar-refractivity contribution is 0.0696. The number of aromatic carboxylic acids is 1. The number of carbonyl (C=O) groups excluding carboxylic acids is 1. The summed E-state index contributed by atoms with van der Waals surface area (Å²) in [7, 11) is 0. The number of carboxylic acids is 1. The molecule has 33 heavy (non-hydrogen) atoms. The van der Waals surface area contributed by atoms with Crippen LogP contribution in [0.2, 0.25) is 0 Å². The van der Waals surface area contributed by atoms with E-state index in [1.165, 1.54) is 12.8 Å². The number of Topliss-reactive ketones (excluding diaryl/α,β-unsaturated/α-hetero) is 1. The summed E-state index contributed by atoms with van der Waals surface area (Å²) in [6, 6.07) is 25.9. The first-order valence-electron chi connectivity index (χ1n) is 10.9. The van der Waals surface area contributed by atoms with Crippen molar-refractivity contribution in [2.75, 3.05) is 0 Å². The van der Waals surface area contributed by atoms with Gasteiger partial charge < -0.3 is 10.3 Å². The van der Waals surface area contributed by atoms with Crippen LogP contribution in [-0.2, 0) is 0 Å². The minimum Gasteiger partial charge on any atom is -0.478 e. The Kier molecular flexibility index (Phi) is 9.27. The van der Waals surface area contributed by atoms with Crippen LogP contribution in [-0.4, -0.2) is 27.8 Å². The number of oxime groups is 1. The van der Waals surface area contributed by atoms with Crippen molar-refractivity contribution in [1.29, 1.82) is 0 Å². The van der Waals surface area contributed by atoms with E-state index in [9.17, 15) is 14.8 Å². The Bertz CT molecular complexity index is 1060. The molecule has 0 unspecified atom stereocenters. The molecule has 1 aliphatic carbocycles. The predicted molar refractivity (Wildman–Crippen MR) is 131 cm³/mol. The molecule has 1 fully saturated rings. The van der Waals surface area contributed by atoms with Crippen molar-refractivity contribution >= 4 is 29.2 Å². The van der Waals surface area contributed by atoms with Gasteiger partial charge in [-0.2, -0.15) is 0 Å². The molecule has 170 valence electrons. The Hall–Kier alpha value is -3.38. The average Bonchev–Trinajstić information content (AvgIpc) is 3.37. The first-order valence-corrected chi connectivity index (χ1v) is 11.8. The van der Waals surface area contributed by atoms with Crippen LogP contribution >= 0.6 is 11.8 Å². The molecule has 1 saturated carbocycles. The second kappa shape index (κ2) is 12.6. The van der Waals surface area contributed by atoms with Crippen LogP contribution in [0.5, 0.6) is 0 Å². The molecule has 0 aromatic heterocycles. The molecule has 0 spiro atoms. The van der Waals surface area contributed by atoms with Crippen LogP contribution in [0.3, 0.4) is 0 Å². The molecular formula is C27H27NO4S. The van der Waals surface area contributed by atoms with E-state index in [4.69, 9.17) is 5.11 Å². The van der Waals surface area contributed by atoms with Crippen molar-refractivity contribution in [2.45, 2.75) is 41.9 Å². The highest BCUT2D eigenvalue weighted by Crippen LogP contribution is 2.29. The lowest BCUT2D eigenvalue weighted by atomic mass is 9.96. The van der Waals surface area contributed by atoms with Crippen LogP contribution < -0.4 is 0 Å². The monoisotopic (exact) mass is 461 g/mol. The van der Waals surface area contributed by atoms with Gasteiger partial charge in [0.05, 0.1) is 5.56 Å². The van der Waals surface area contributed by atoms with E-state index < -0.39 is 5.97 Å². The maximum atomic E-state index is 12.5. The first kappa shape index (κ1) is 24.3. The van der Waals surface area contributed by atoms with Gasteiger partial charge in [0.15, 0.2) is 0 Å². The van der Waals surface area contributed by atoms with Crippen molar-refractivity contribution in [1.82, 2.24) is 0 Å². The van der Waals surface area contributed by atoms with Crippen LogP contribution in [0.1, 0.15) is 52.8 Å². The molecular weight excluding hydrogens is 434 g/mol. The van der Waals surface area contributed by atoms with E-state index in [2.05, 4.69) is 17.3 Å². The smallest absolute Gasteiger partial charge is 0.335 e. The van der Waals surface area contributed by atoms with Crippen LogP contribution in [0.15, 0.2) is 99.9 Å². The van der Waals surface area contributed by atoms with Crippen molar-refractivity contribution in [2.24, 2.45) is 11.1 Å². The fourth-order valence-electron chi connectivity index (χ4n) is 3.71. The number of rotatable bonds is 7. The normalized spacial score (nSPS) is 13.8. The Morgan fingerprint density at radius 2 is 1.33 bits per heavy atom. The van der Waals surface area contributed by atoms with Gasteiger partial charge in [0.2, 0.25) is 5.78 Å². The predicted octanol–water partition coefficient (Wildman–Crippen LogP) is 6.82. The molecule has 5 nitrogen and oxygen atoms in total. The number of hydrogen-bond donors (Lipinski definition) is 2. The van der Waals surface area contributed by atoms with Crippen molar-refractivity contribution in [3.05, 3.63) is 96.1 Å². The summed E-state index contributed by atoms with van der Waals surface area (Å²) in [4.78, 5) is 25.0. The van der Waals surface area contributed by atoms with Crippen LogP contribution in [0.25, 0.3) is 0 Å². The van der Waals surface area contributed by atoms with Crippen molar-refractivity contribution in [3.63, 3.8) is 0 Å². The summed E-state index contributed by atoms with van der Waals surface area (Å²) in [6.07, 6.45) is 5.25. The third-order valence-corrected chi connectivity index (χ3v) is 6.47. The number of carboxylic acid groups (broad SMARTS) is 1. The molecule has 0 saturated heterocycles. The van der Waals surface area contributed by atoms with Gasteiger partial charge in [0.25, 0.3) is 0 Å². The Labute approximate surface area is 198 Å². The van der Waals surface area contributed by atoms with E-state index in [1.807, 2.05) is 42.5 Å². The van der Waals surface area contributed by atoms with E-state index in [0.717, 1.165) is 22.6 Å².